The Hall–Kier alpha value is -2.37. The van der Waals surface area contributed by atoms with E-state index in [2.05, 4.69) is 20.9 Å². The molecule has 1 amide bonds. The van der Waals surface area contributed by atoms with Crippen LogP contribution in [0.2, 0.25) is 10.1 Å². The molecule has 4 rings (SSSR count). The van der Waals surface area contributed by atoms with Gasteiger partial charge in [-0.05, 0) is 83.3 Å². The second-order valence-corrected chi connectivity index (χ2v) is 12.2. The molecule has 1 saturated carbocycles. The van der Waals surface area contributed by atoms with Crippen molar-refractivity contribution in [3.63, 3.8) is 0 Å². The van der Waals surface area contributed by atoms with Crippen molar-refractivity contribution in [2.75, 3.05) is 18.9 Å². The van der Waals surface area contributed by atoms with E-state index in [1.165, 1.54) is 11.0 Å². The lowest BCUT2D eigenvalue weighted by Crippen LogP contribution is -2.46. The van der Waals surface area contributed by atoms with Gasteiger partial charge in [-0.1, -0.05) is 11.6 Å². The standard InChI is InChI=1S/C26H32ClF3N5O2Si/c1-14(2)32-24-33-21-12-34(22(36)16-5-6-20(27)19(10-16)26(28,29)30)15(3)9-18(21)23(37)35(24)17-7-8-25(38,11-17)13-31-4/h5-6,10,14-15,17,31H,7-9,11-13H2,1-4H3,(H,32,33)/t15-,17-,25-/m1/s1. The number of benzene rings is 1. The molecule has 0 saturated heterocycles. The molecule has 205 valence electrons. The summed E-state index contributed by atoms with van der Waals surface area (Å²) in [5.41, 5.74) is -0.299. The summed E-state index contributed by atoms with van der Waals surface area (Å²) in [5, 5.41) is 5.92. The van der Waals surface area contributed by atoms with Gasteiger partial charge in [0, 0.05) is 39.5 Å². The summed E-state index contributed by atoms with van der Waals surface area (Å²) in [6.07, 6.45) is -1.94. The van der Waals surface area contributed by atoms with Gasteiger partial charge < -0.3 is 15.5 Å². The minimum atomic E-state index is -4.68. The minimum absolute atomic E-state index is 0.00766. The quantitative estimate of drug-likeness (QED) is 0.500. The third kappa shape index (κ3) is 5.65. The first-order valence-electron chi connectivity index (χ1n) is 12.7. The predicted octanol–water partition coefficient (Wildman–Crippen LogP) is 4.59. The Bertz CT molecular complexity index is 1280. The van der Waals surface area contributed by atoms with Gasteiger partial charge in [-0.25, -0.2) is 4.98 Å². The fourth-order valence-electron chi connectivity index (χ4n) is 5.50. The SMILES string of the molecule is CNC[C@@]1([Si])CC[C@@H](n2c(NC(C)C)nc3c(c2=O)C[C@@H](C)N(C(=O)c2ccc(Cl)c(C(F)(F)F)c2)C3)C1. The van der Waals surface area contributed by atoms with Gasteiger partial charge in [0.05, 0.1) is 22.8 Å². The number of carbonyl (C=O) groups is 1. The van der Waals surface area contributed by atoms with Crippen molar-refractivity contribution in [3.05, 3.63) is 56.0 Å². The largest absolute Gasteiger partial charge is 0.417 e. The number of carbonyl (C=O) groups excluding carboxylic acids is 1. The maximum absolute atomic E-state index is 13.9. The fourth-order valence-corrected chi connectivity index (χ4v) is 6.28. The Kier molecular flexibility index (Phi) is 8.03. The molecule has 3 radical (unpaired) electrons. The number of anilines is 1. The molecule has 1 aromatic carbocycles. The average Bonchev–Trinajstić information content (AvgIpc) is 3.19. The van der Waals surface area contributed by atoms with Crippen LogP contribution in [0.1, 0.15) is 73.3 Å². The van der Waals surface area contributed by atoms with Gasteiger partial charge in [-0.3, -0.25) is 14.2 Å². The van der Waals surface area contributed by atoms with Crippen molar-refractivity contribution in [1.82, 2.24) is 19.8 Å². The third-order valence-electron chi connectivity index (χ3n) is 7.31. The zero-order valence-corrected chi connectivity index (χ0v) is 23.6. The number of rotatable bonds is 6. The van der Waals surface area contributed by atoms with Gasteiger partial charge in [0.25, 0.3) is 11.5 Å². The maximum atomic E-state index is 13.9. The third-order valence-corrected chi connectivity index (χ3v) is 8.27. The van der Waals surface area contributed by atoms with E-state index in [4.69, 9.17) is 16.6 Å². The Labute approximate surface area is 228 Å². The molecular weight excluding hydrogens is 535 g/mol. The number of hydrogen-bond donors (Lipinski definition) is 2. The summed E-state index contributed by atoms with van der Waals surface area (Å²) in [6, 6.07) is 2.71. The Balaban J connectivity index is 1.70. The predicted molar refractivity (Wildman–Crippen MR) is 142 cm³/mol. The van der Waals surface area contributed by atoms with Crippen LogP contribution in [0.5, 0.6) is 0 Å². The van der Waals surface area contributed by atoms with Crippen molar-refractivity contribution < 1.29 is 18.0 Å². The molecule has 7 nitrogen and oxygen atoms in total. The van der Waals surface area contributed by atoms with Gasteiger partial charge in [-0.2, -0.15) is 13.2 Å². The Morgan fingerprint density at radius 2 is 2.05 bits per heavy atom. The maximum Gasteiger partial charge on any atom is 0.417 e. The Morgan fingerprint density at radius 3 is 2.68 bits per heavy atom. The fraction of sp³-hybridized carbons (Fsp3) is 0.577. The summed E-state index contributed by atoms with van der Waals surface area (Å²) in [5.74, 6) is -0.122. The second-order valence-electron chi connectivity index (χ2n) is 10.7. The first-order valence-corrected chi connectivity index (χ1v) is 13.6. The lowest BCUT2D eigenvalue weighted by atomic mass is 9.98. The molecular formula is C26H32ClF3N5O2Si. The highest BCUT2D eigenvalue weighted by atomic mass is 35.5. The molecule has 2 heterocycles. The van der Waals surface area contributed by atoms with Crippen LogP contribution < -0.4 is 16.2 Å². The van der Waals surface area contributed by atoms with Crippen molar-refractivity contribution in [1.29, 1.82) is 0 Å². The molecule has 0 unspecified atom stereocenters. The monoisotopic (exact) mass is 566 g/mol. The summed E-state index contributed by atoms with van der Waals surface area (Å²) in [4.78, 5) is 33.5. The molecule has 1 fully saturated rings. The summed E-state index contributed by atoms with van der Waals surface area (Å²) < 4.78 is 41.9. The van der Waals surface area contributed by atoms with Crippen molar-refractivity contribution >= 4 is 33.7 Å². The van der Waals surface area contributed by atoms with Gasteiger partial charge >= 0.3 is 6.18 Å². The molecule has 2 aromatic rings. The topological polar surface area (TPSA) is 79.3 Å². The minimum Gasteiger partial charge on any atom is -0.353 e. The van der Waals surface area contributed by atoms with Crippen LogP contribution >= 0.6 is 11.6 Å². The molecule has 2 aliphatic rings. The van der Waals surface area contributed by atoms with E-state index in [1.807, 2.05) is 20.9 Å². The first kappa shape index (κ1) is 28.6. The number of alkyl halides is 3. The first-order chi connectivity index (χ1) is 17.7. The van der Waals surface area contributed by atoms with Crippen LogP contribution in [-0.2, 0) is 19.1 Å². The number of amides is 1. The van der Waals surface area contributed by atoms with Crippen molar-refractivity contribution in [2.24, 2.45) is 0 Å². The molecule has 3 atom stereocenters. The highest BCUT2D eigenvalue weighted by Crippen LogP contribution is 2.47. The van der Waals surface area contributed by atoms with E-state index in [1.54, 1.807) is 11.5 Å². The summed E-state index contributed by atoms with van der Waals surface area (Å²) in [7, 11) is 5.81. The normalized spacial score (nSPS) is 23.6. The van der Waals surface area contributed by atoms with Crippen LogP contribution in [0, 0.1) is 0 Å². The van der Waals surface area contributed by atoms with Gasteiger partial charge in [0.1, 0.15) is 0 Å². The summed E-state index contributed by atoms with van der Waals surface area (Å²) in [6.45, 7) is 6.49. The highest BCUT2D eigenvalue weighted by molar-refractivity contribution is 6.31. The number of hydrogen-bond acceptors (Lipinski definition) is 5. The van der Waals surface area contributed by atoms with Crippen LogP contribution in [0.25, 0.3) is 0 Å². The molecule has 1 aliphatic carbocycles. The van der Waals surface area contributed by atoms with E-state index >= 15 is 0 Å². The van der Waals surface area contributed by atoms with Crippen molar-refractivity contribution in [2.45, 2.75) is 82.3 Å². The number of nitrogens with zero attached hydrogens (tertiary/aromatic N) is 3. The van der Waals surface area contributed by atoms with E-state index in [-0.39, 0.29) is 41.2 Å². The van der Waals surface area contributed by atoms with Crippen LogP contribution in [0.3, 0.4) is 0 Å². The van der Waals surface area contributed by atoms with E-state index in [0.29, 0.717) is 17.2 Å². The smallest absolute Gasteiger partial charge is 0.353 e. The molecule has 0 spiro atoms. The van der Waals surface area contributed by atoms with Crippen LogP contribution in [0.4, 0.5) is 19.1 Å². The average molecular weight is 567 g/mol. The lowest BCUT2D eigenvalue weighted by molar-refractivity contribution is -0.137. The number of halogens is 4. The van der Waals surface area contributed by atoms with Crippen molar-refractivity contribution in [3.8, 4) is 0 Å². The van der Waals surface area contributed by atoms with E-state index in [9.17, 15) is 22.8 Å². The van der Waals surface area contributed by atoms with E-state index in [0.717, 1.165) is 37.9 Å². The van der Waals surface area contributed by atoms with Gasteiger partial charge in [-0.15, -0.1) is 0 Å². The van der Waals surface area contributed by atoms with Gasteiger partial charge in [0.15, 0.2) is 0 Å². The van der Waals surface area contributed by atoms with Gasteiger partial charge in [0.2, 0.25) is 5.95 Å². The number of fused-ring (bicyclic) bond motifs is 1. The molecule has 38 heavy (non-hydrogen) atoms. The molecule has 0 bridgehead atoms. The molecule has 1 aliphatic heterocycles. The van der Waals surface area contributed by atoms with Crippen LogP contribution in [0.15, 0.2) is 23.0 Å². The zero-order chi connectivity index (χ0) is 28.0. The molecule has 12 heteroatoms. The zero-order valence-electron chi connectivity index (χ0n) is 21.9. The van der Waals surface area contributed by atoms with E-state index < -0.39 is 28.7 Å². The second kappa shape index (κ2) is 10.7. The Morgan fingerprint density at radius 1 is 1.34 bits per heavy atom. The number of aromatic nitrogens is 2. The molecule has 2 N–H and O–H groups in total. The highest BCUT2D eigenvalue weighted by Gasteiger charge is 2.39. The summed E-state index contributed by atoms with van der Waals surface area (Å²) >= 11 is 5.74. The van der Waals surface area contributed by atoms with Crippen LogP contribution in [-0.4, -0.2) is 56.3 Å². The molecule has 1 aromatic heterocycles. The number of nitrogens with one attached hydrogen (secondary N) is 2. The lowest BCUT2D eigenvalue weighted by Gasteiger charge is -2.35.